The molecule has 3 heterocycles. The number of nitrogens with one attached hydrogen (secondary N) is 2. The summed E-state index contributed by atoms with van der Waals surface area (Å²) in [5.41, 5.74) is -3.74. The molecule has 4 aromatic rings. The molecule has 0 spiro atoms. The molecule has 1 atom stereocenters. The maximum Gasteiger partial charge on any atom is 0.246 e. The van der Waals surface area contributed by atoms with Crippen molar-refractivity contribution in [3.05, 3.63) is 78.8 Å². The van der Waals surface area contributed by atoms with E-state index in [2.05, 4.69) is 15.1 Å². The van der Waals surface area contributed by atoms with Crippen molar-refractivity contribution in [2.24, 2.45) is 0 Å². The number of nitrogens with zero attached hydrogens (tertiary/aromatic N) is 4. The summed E-state index contributed by atoms with van der Waals surface area (Å²) in [5.74, 6) is -4.02. The second-order valence-corrected chi connectivity index (χ2v) is 6.03. The molecule has 0 saturated carbocycles. The van der Waals surface area contributed by atoms with Crippen molar-refractivity contribution < 1.29 is 39.7 Å². The maximum absolute atomic E-state index is 13.3. The molecular weight excluding hydrogens is 416 g/mol. The van der Waals surface area contributed by atoms with Crippen LogP contribution < -0.4 is 10.2 Å². The van der Waals surface area contributed by atoms with Gasteiger partial charge in [-0.1, -0.05) is 24.7 Å². The highest BCUT2D eigenvalue weighted by atomic mass is 16.5. The lowest BCUT2D eigenvalue weighted by Gasteiger charge is -2.32. The lowest BCUT2D eigenvalue weighted by Crippen LogP contribution is -2.40. The van der Waals surface area contributed by atoms with E-state index >= 15 is 0 Å². The van der Waals surface area contributed by atoms with Crippen LogP contribution in [-0.2, 0) is 4.79 Å². The maximum atomic E-state index is 13.3. The van der Waals surface area contributed by atoms with Crippen LogP contribution in [0.1, 0.15) is 48.9 Å². The molecule has 8 heteroatoms. The number of hydrogen-bond donors (Lipinski definition) is 2. The van der Waals surface area contributed by atoms with E-state index in [4.69, 9.17) is 38.9 Å². The fourth-order valence-corrected chi connectivity index (χ4v) is 2.71. The molecule has 2 aromatic heterocycles. The SMILES string of the molecule is [2H]C([2H])=C([2H])C(=O)N1C([2H])([2H])C([2H])([2H])C([2H])([2H])[C@@]([2H])(n2nc(-c3c([2H])c([2H])c(Oc4c([2H])c([2H])c([2H])c([2H])c4[2H])c([2H])c3[2H])c3c(=N)nc([2H])[nH]c32)C1([2H])[2H]. The summed E-state index contributed by atoms with van der Waals surface area (Å²) >= 11 is 0. The van der Waals surface area contributed by atoms with Gasteiger partial charge in [0.05, 0.1) is 38.3 Å². The highest BCUT2D eigenvalue weighted by Crippen LogP contribution is 2.31. The number of amides is 1. The van der Waals surface area contributed by atoms with Gasteiger partial charge in [0.15, 0.2) is 5.49 Å². The molecule has 1 fully saturated rings. The Kier molecular flexibility index (Phi) is 1.96. The number of ether oxygens (including phenoxy) is 1. The summed E-state index contributed by atoms with van der Waals surface area (Å²) in [4.78, 5) is 18.4. The fourth-order valence-electron chi connectivity index (χ4n) is 2.71. The zero-order valence-electron chi connectivity index (χ0n) is 38.1. The third kappa shape index (κ3) is 4.03. The van der Waals surface area contributed by atoms with Crippen molar-refractivity contribution in [2.45, 2.75) is 18.8 Å². The first-order chi connectivity index (χ1) is 25.0. The van der Waals surface area contributed by atoms with Crippen molar-refractivity contribution in [2.75, 3.05) is 13.0 Å². The second kappa shape index (κ2) is 8.74. The minimum absolute atomic E-state index is 0.0400. The Morgan fingerprint density at radius 1 is 1.33 bits per heavy atom. The Morgan fingerprint density at radius 3 is 2.91 bits per heavy atom. The molecule has 0 unspecified atom stereocenters. The molecule has 0 bridgehead atoms. The molecule has 1 saturated heterocycles. The number of carbonyl (C=O) groups is 1. The summed E-state index contributed by atoms with van der Waals surface area (Å²) in [6.45, 7) is -9.84. The van der Waals surface area contributed by atoms with Crippen LogP contribution >= 0.6 is 0 Å². The van der Waals surface area contributed by atoms with E-state index in [1.807, 2.05) is 0 Å². The van der Waals surface area contributed by atoms with Crippen LogP contribution in [0, 0.1) is 5.41 Å². The first-order valence-electron chi connectivity index (χ1n) is 19.9. The smallest absolute Gasteiger partial charge is 0.246 e. The predicted octanol–water partition coefficient (Wildman–Crippen LogP) is 4.05. The number of benzene rings is 2. The number of piperidine rings is 1. The normalized spacial score (nSPS) is 33.8. The fraction of sp³-hybridized carbons (Fsp3) is 0.200. The van der Waals surface area contributed by atoms with E-state index in [1.54, 1.807) is 0 Å². The number of aromatic nitrogens is 4. The number of aromatic amines is 1. The van der Waals surface area contributed by atoms with Gasteiger partial charge in [-0.05, 0) is 55.1 Å². The minimum Gasteiger partial charge on any atom is -0.457 e. The standard InChI is InChI=1S/C25H24N6O2/c1-2-21(32)30-14-6-7-18(15-30)31-25-22(24(26)27-16-28-25)23(29-31)17-10-12-20(13-11-17)33-19-8-4-3-5-9-19/h2-5,8-13,16,18H,1,6-7,14-15H2,(H2,26,27,28)/t18-/m1/s1/i1D2,2D,3D,4D,5D,6D2,7D2,8D,9D,10D,11D,12D,13D,14D2,15D2,16D,18D. The summed E-state index contributed by atoms with van der Waals surface area (Å²) in [6.07, 6.45) is -9.23. The molecular formula is C25H24N6O2. The van der Waals surface area contributed by atoms with Crippen LogP contribution in [0.2, 0.25) is 0 Å². The summed E-state index contributed by atoms with van der Waals surface area (Å²) in [5, 5.41) is 11.7. The van der Waals surface area contributed by atoms with E-state index in [9.17, 15) is 6.17 Å². The molecule has 0 aliphatic carbocycles. The molecule has 33 heavy (non-hydrogen) atoms. The third-order valence-corrected chi connectivity index (χ3v) is 4.07. The average molecular weight is 463 g/mol. The average Bonchev–Trinajstić information content (AvgIpc) is 3.46. The van der Waals surface area contributed by atoms with Gasteiger partial charge in [-0.15, -0.1) is 0 Å². The molecule has 0 radical (unpaired) electrons. The summed E-state index contributed by atoms with van der Waals surface area (Å²) < 4.78 is 189. The number of carbonyl (C=O) groups excluding carboxylic acids is 1. The van der Waals surface area contributed by atoms with Gasteiger partial charge in [-0.25, -0.2) is 9.67 Å². The Morgan fingerprint density at radius 2 is 2.12 bits per heavy atom. The zero-order chi connectivity index (χ0) is 42.0. The molecule has 166 valence electrons. The Hall–Kier alpha value is -4.20. The zero-order valence-corrected chi connectivity index (χ0v) is 16.1. The topological polar surface area (TPSA) is 99.9 Å². The van der Waals surface area contributed by atoms with Gasteiger partial charge in [0.1, 0.15) is 24.2 Å². The monoisotopic (exact) mass is 462 g/mol. The number of rotatable bonds is 5. The predicted molar refractivity (Wildman–Crippen MR) is 125 cm³/mol. The summed E-state index contributed by atoms with van der Waals surface area (Å²) in [7, 11) is 0. The van der Waals surface area contributed by atoms with Crippen LogP contribution in [0.4, 0.5) is 0 Å². The number of para-hydroxylation sites is 1. The first kappa shape index (κ1) is 7.41. The van der Waals surface area contributed by atoms with E-state index in [1.165, 1.54) is 0 Å². The van der Waals surface area contributed by atoms with Gasteiger partial charge in [0.2, 0.25) is 5.91 Å². The largest absolute Gasteiger partial charge is 0.457 e. The Labute approximate surface area is 221 Å². The van der Waals surface area contributed by atoms with Crippen LogP contribution in [0.25, 0.3) is 22.3 Å². The third-order valence-electron chi connectivity index (χ3n) is 4.07. The first-order valence-corrected chi connectivity index (χ1v) is 8.85. The van der Waals surface area contributed by atoms with E-state index in [0.717, 1.165) is 0 Å². The van der Waals surface area contributed by atoms with Crippen molar-refractivity contribution in [3.8, 4) is 22.8 Å². The lowest BCUT2D eigenvalue weighted by atomic mass is 10.1. The minimum atomic E-state index is -4.18. The lowest BCUT2D eigenvalue weighted by molar-refractivity contribution is -0.127. The van der Waals surface area contributed by atoms with E-state index in [-0.39, 0.29) is 4.68 Å². The van der Waals surface area contributed by atoms with Gasteiger partial charge in [0.25, 0.3) is 0 Å². The van der Waals surface area contributed by atoms with Crippen molar-refractivity contribution in [1.29, 1.82) is 5.41 Å². The van der Waals surface area contributed by atoms with Crippen LogP contribution in [0.3, 0.4) is 0 Å². The molecule has 2 aromatic carbocycles. The van der Waals surface area contributed by atoms with Gasteiger partial charge in [-0.2, -0.15) is 5.10 Å². The van der Waals surface area contributed by atoms with Crippen LogP contribution in [-0.4, -0.2) is 43.5 Å². The second-order valence-electron chi connectivity index (χ2n) is 6.03. The van der Waals surface area contributed by atoms with Crippen molar-refractivity contribution in [3.63, 3.8) is 0 Å². The van der Waals surface area contributed by atoms with Gasteiger partial charge >= 0.3 is 0 Å². The van der Waals surface area contributed by atoms with Gasteiger partial charge < -0.3 is 14.6 Å². The molecule has 8 nitrogen and oxygen atoms in total. The summed E-state index contributed by atoms with van der Waals surface area (Å²) in [6, 6.07) is -14.5. The van der Waals surface area contributed by atoms with E-state index in [0.29, 0.717) is 0 Å². The molecule has 5 rings (SSSR count). The van der Waals surface area contributed by atoms with Crippen LogP contribution in [0.15, 0.2) is 73.3 Å². The molecule has 1 amide bonds. The molecule has 1 aliphatic rings. The van der Waals surface area contributed by atoms with Crippen molar-refractivity contribution in [1.82, 2.24) is 24.6 Å². The molecule has 1 aliphatic heterocycles. The Bertz CT molecular complexity index is 2380. The van der Waals surface area contributed by atoms with Crippen LogP contribution in [0.5, 0.6) is 11.5 Å². The highest BCUT2D eigenvalue weighted by molar-refractivity contribution is 5.90. The number of likely N-dealkylation sites (tertiary alicyclic amines) is 1. The quantitative estimate of drug-likeness (QED) is 0.437. The van der Waals surface area contributed by atoms with Gasteiger partial charge in [0, 0.05) is 26.8 Å². The Balaban J connectivity index is 1.89. The van der Waals surface area contributed by atoms with E-state index < -0.39 is 155 Å². The number of H-pyrrole nitrogens is 1. The van der Waals surface area contributed by atoms with Gasteiger partial charge in [-0.3, -0.25) is 10.2 Å². The number of hydrogen-bond acceptors (Lipinski definition) is 5. The highest BCUT2D eigenvalue weighted by Gasteiger charge is 2.27. The number of fused-ring (bicyclic) bond motifs is 1. The van der Waals surface area contributed by atoms with Crippen molar-refractivity contribution >= 4 is 16.9 Å². The molecule has 2 N–H and O–H groups in total.